The van der Waals surface area contributed by atoms with Gasteiger partial charge >= 0.3 is 0 Å². The smallest absolute Gasteiger partial charge is 0.162 e. The molecule has 0 bridgehead atoms. The third-order valence-corrected chi connectivity index (χ3v) is 4.27. The van der Waals surface area contributed by atoms with Crippen molar-refractivity contribution in [3.05, 3.63) is 22.7 Å². The Labute approximate surface area is 132 Å². The van der Waals surface area contributed by atoms with Crippen LogP contribution in [0.2, 0.25) is 0 Å². The van der Waals surface area contributed by atoms with Crippen molar-refractivity contribution in [3.8, 4) is 22.8 Å². The van der Waals surface area contributed by atoms with Crippen molar-refractivity contribution in [2.75, 3.05) is 19.5 Å². The predicted octanol–water partition coefficient (Wildman–Crippen LogP) is 3.23. The van der Waals surface area contributed by atoms with Gasteiger partial charge in [0.05, 0.1) is 19.4 Å². The molecule has 1 saturated carbocycles. The maximum absolute atomic E-state index is 5.85. The van der Waals surface area contributed by atoms with Crippen molar-refractivity contribution in [2.45, 2.75) is 12.8 Å². The lowest BCUT2D eigenvalue weighted by Crippen LogP contribution is -2.01. The maximum Gasteiger partial charge on any atom is 0.162 e. The van der Waals surface area contributed by atoms with E-state index in [1.165, 1.54) is 12.8 Å². The van der Waals surface area contributed by atoms with E-state index >= 15 is 0 Å². The van der Waals surface area contributed by atoms with Crippen LogP contribution < -0.4 is 15.2 Å². The zero-order chi connectivity index (χ0) is 15.0. The number of halogens is 1. The molecule has 3 rings (SSSR count). The Bertz CT molecular complexity index is 646. The van der Waals surface area contributed by atoms with Crippen LogP contribution in [-0.2, 0) is 7.05 Å². The van der Waals surface area contributed by atoms with Gasteiger partial charge in [-0.25, -0.2) is 0 Å². The molecule has 1 aromatic carbocycles. The minimum absolute atomic E-state index is 0.616. The number of methoxy groups -OCH3 is 1. The average Bonchev–Trinajstić information content (AvgIpc) is 3.23. The van der Waals surface area contributed by atoms with Gasteiger partial charge in [-0.15, -0.1) is 0 Å². The summed E-state index contributed by atoms with van der Waals surface area (Å²) in [5, 5.41) is 4.40. The van der Waals surface area contributed by atoms with Crippen LogP contribution in [0.4, 0.5) is 5.82 Å². The fraction of sp³-hybridized carbons (Fsp3) is 0.400. The number of nitrogens with two attached hydrogens (primary N) is 1. The van der Waals surface area contributed by atoms with Gasteiger partial charge in [0.15, 0.2) is 11.5 Å². The van der Waals surface area contributed by atoms with Crippen LogP contribution >= 0.6 is 15.9 Å². The lowest BCUT2D eigenvalue weighted by molar-refractivity contribution is 0.280. The molecule has 0 saturated heterocycles. The maximum atomic E-state index is 5.85. The summed E-state index contributed by atoms with van der Waals surface area (Å²) in [5.74, 6) is 2.77. The molecule has 0 amide bonds. The van der Waals surface area contributed by atoms with E-state index in [4.69, 9.17) is 15.2 Å². The number of benzene rings is 1. The van der Waals surface area contributed by atoms with Crippen LogP contribution in [0.25, 0.3) is 11.3 Å². The van der Waals surface area contributed by atoms with E-state index in [2.05, 4.69) is 21.0 Å². The molecule has 0 unspecified atom stereocenters. The minimum Gasteiger partial charge on any atom is -0.493 e. The van der Waals surface area contributed by atoms with Gasteiger partial charge in [0.25, 0.3) is 0 Å². The molecule has 0 spiro atoms. The molecule has 1 heterocycles. The molecule has 1 aliphatic carbocycles. The van der Waals surface area contributed by atoms with E-state index in [9.17, 15) is 0 Å². The minimum atomic E-state index is 0.616. The Balaban J connectivity index is 1.93. The monoisotopic (exact) mass is 351 g/mol. The summed E-state index contributed by atoms with van der Waals surface area (Å²) in [6.45, 7) is 0.749. The summed E-state index contributed by atoms with van der Waals surface area (Å²) < 4.78 is 13.8. The van der Waals surface area contributed by atoms with Crippen LogP contribution in [0.3, 0.4) is 0 Å². The van der Waals surface area contributed by atoms with Crippen molar-refractivity contribution >= 4 is 21.7 Å². The Morgan fingerprint density at radius 3 is 2.67 bits per heavy atom. The normalized spacial score (nSPS) is 14.2. The topological polar surface area (TPSA) is 62.3 Å². The zero-order valence-electron chi connectivity index (χ0n) is 12.1. The molecule has 1 aromatic heterocycles. The first-order chi connectivity index (χ1) is 10.1. The van der Waals surface area contributed by atoms with Crippen molar-refractivity contribution < 1.29 is 9.47 Å². The molecule has 6 heteroatoms. The Morgan fingerprint density at radius 1 is 1.33 bits per heavy atom. The molecule has 0 atom stereocenters. The van der Waals surface area contributed by atoms with Gasteiger partial charge in [-0.3, -0.25) is 4.68 Å². The fourth-order valence-electron chi connectivity index (χ4n) is 2.11. The van der Waals surface area contributed by atoms with Gasteiger partial charge in [0.1, 0.15) is 5.82 Å². The van der Waals surface area contributed by atoms with Crippen LogP contribution in [0, 0.1) is 5.92 Å². The highest BCUT2D eigenvalue weighted by Crippen LogP contribution is 2.39. The van der Waals surface area contributed by atoms with Crippen molar-refractivity contribution in [3.63, 3.8) is 0 Å². The van der Waals surface area contributed by atoms with E-state index < -0.39 is 0 Å². The van der Waals surface area contributed by atoms with Gasteiger partial charge in [-0.1, -0.05) is 0 Å². The number of nitrogen functional groups attached to an aromatic ring is 1. The third kappa shape index (κ3) is 3.00. The second kappa shape index (κ2) is 5.60. The first kappa shape index (κ1) is 14.3. The Hall–Kier alpha value is -1.69. The molecule has 0 aliphatic heterocycles. The standard InChI is InChI=1S/C15H18BrN3O2/c1-19-15(17)7-12(18-19)10-5-13(20-2)14(6-11(10)16)21-8-9-3-4-9/h5-7,9H,3-4,8,17H2,1-2H3. The molecule has 2 aromatic rings. The molecule has 5 nitrogen and oxygen atoms in total. The number of ether oxygens (including phenoxy) is 2. The average molecular weight is 352 g/mol. The van der Waals surface area contributed by atoms with Gasteiger partial charge < -0.3 is 15.2 Å². The van der Waals surface area contributed by atoms with Gasteiger partial charge in [-0.05, 0) is 46.8 Å². The summed E-state index contributed by atoms with van der Waals surface area (Å²) in [7, 11) is 3.46. The number of rotatable bonds is 5. The third-order valence-electron chi connectivity index (χ3n) is 3.62. The number of hydrogen-bond acceptors (Lipinski definition) is 4. The Kier molecular flexibility index (Phi) is 3.80. The summed E-state index contributed by atoms with van der Waals surface area (Å²) in [6.07, 6.45) is 2.52. The molecule has 2 N–H and O–H groups in total. The van der Waals surface area contributed by atoms with Gasteiger partial charge in [-0.2, -0.15) is 5.10 Å². The highest BCUT2D eigenvalue weighted by molar-refractivity contribution is 9.10. The van der Waals surface area contributed by atoms with Gasteiger partial charge in [0, 0.05) is 23.2 Å². The fourth-order valence-corrected chi connectivity index (χ4v) is 2.63. The van der Waals surface area contributed by atoms with Crippen molar-refractivity contribution in [1.82, 2.24) is 9.78 Å². The summed E-state index contributed by atoms with van der Waals surface area (Å²) in [4.78, 5) is 0. The molecular weight excluding hydrogens is 334 g/mol. The highest BCUT2D eigenvalue weighted by atomic mass is 79.9. The van der Waals surface area contributed by atoms with E-state index in [-0.39, 0.29) is 0 Å². The summed E-state index contributed by atoms with van der Waals surface area (Å²) >= 11 is 3.58. The number of nitrogens with zero attached hydrogens (tertiary/aromatic N) is 2. The van der Waals surface area contributed by atoms with E-state index in [0.717, 1.165) is 28.1 Å². The second-order valence-electron chi connectivity index (χ2n) is 5.32. The highest BCUT2D eigenvalue weighted by Gasteiger charge is 2.23. The van der Waals surface area contributed by atoms with Crippen molar-refractivity contribution in [2.24, 2.45) is 13.0 Å². The molecule has 112 valence electrons. The van der Waals surface area contributed by atoms with Crippen LogP contribution in [0.15, 0.2) is 22.7 Å². The lowest BCUT2D eigenvalue weighted by atomic mass is 10.1. The first-order valence-corrected chi connectivity index (χ1v) is 7.68. The first-order valence-electron chi connectivity index (χ1n) is 6.88. The largest absolute Gasteiger partial charge is 0.493 e. The van der Waals surface area contributed by atoms with Crippen LogP contribution in [0.1, 0.15) is 12.8 Å². The molecule has 0 radical (unpaired) electrons. The Morgan fingerprint density at radius 2 is 2.10 bits per heavy atom. The summed E-state index contributed by atoms with van der Waals surface area (Å²) in [5.41, 5.74) is 7.57. The molecule has 21 heavy (non-hydrogen) atoms. The second-order valence-corrected chi connectivity index (χ2v) is 6.17. The summed E-state index contributed by atoms with van der Waals surface area (Å²) in [6, 6.07) is 5.69. The van der Waals surface area contributed by atoms with Crippen LogP contribution in [-0.4, -0.2) is 23.5 Å². The number of hydrogen-bond donors (Lipinski definition) is 1. The van der Waals surface area contributed by atoms with E-state index in [0.29, 0.717) is 17.5 Å². The van der Waals surface area contributed by atoms with Crippen LogP contribution in [0.5, 0.6) is 11.5 Å². The van der Waals surface area contributed by atoms with Gasteiger partial charge in [0.2, 0.25) is 0 Å². The number of aryl methyl sites for hydroxylation is 1. The lowest BCUT2D eigenvalue weighted by Gasteiger charge is -2.13. The molecule has 1 fully saturated rings. The zero-order valence-corrected chi connectivity index (χ0v) is 13.7. The molecule has 1 aliphatic rings. The van der Waals surface area contributed by atoms with Crippen molar-refractivity contribution in [1.29, 1.82) is 0 Å². The van der Waals surface area contributed by atoms with E-state index in [1.54, 1.807) is 11.8 Å². The number of anilines is 1. The van der Waals surface area contributed by atoms with E-state index in [1.807, 2.05) is 25.2 Å². The predicted molar refractivity (Wildman–Crippen MR) is 85.5 cm³/mol. The number of aromatic nitrogens is 2. The quantitative estimate of drug-likeness (QED) is 0.898. The SMILES string of the molecule is COc1cc(-c2cc(N)n(C)n2)c(Br)cc1OCC1CC1. The molecular formula is C15H18BrN3O2.